The lowest BCUT2D eigenvalue weighted by Gasteiger charge is -2.14. The zero-order chi connectivity index (χ0) is 23.9. The summed E-state index contributed by atoms with van der Waals surface area (Å²) in [5.74, 6) is -0.322. The van der Waals surface area contributed by atoms with Gasteiger partial charge in [0.1, 0.15) is 0 Å². The summed E-state index contributed by atoms with van der Waals surface area (Å²) in [6.07, 6.45) is 3.11. The van der Waals surface area contributed by atoms with Gasteiger partial charge in [-0.25, -0.2) is 10.4 Å². The minimum absolute atomic E-state index is 0.0218. The number of nitrogens with one attached hydrogen (secondary N) is 1. The van der Waals surface area contributed by atoms with Gasteiger partial charge in [-0.2, -0.15) is 5.10 Å². The number of nitrogens with zero attached hydrogens (tertiary/aromatic N) is 3. The number of carbonyl (C=O) groups excluding carboxylic acids is 1. The van der Waals surface area contributed by atoms with Crippen LogP contribution in [0.2, 0.25) is 0 Å². The minimum atomic E-state index is -0.343. The van der Waals surface area contributed by atoms with Crippen LogP contribution in [0.1, 0.15) is 11.1 Å². The third kappa shape index (κ3) is 5.62. The summed E-state index contributed by atoms with van der Waals surface area (Å²) in [4.78, 5) is 30.4. The Morgan fingerprint density at radius 3 is 2.56 bits per heavy atom. The molecular formula is C26H21ClN4O2S. The number of amides is 1. The van der Waals surface area contributed by atoms with Crippen LogP contribution >= 0.6 is 23.4 Å². The molecule has 0 bridgehead atoms. The molecule has 1 N–H and O–H groups in total. The first-order valence-corrected chi connectivity index (χ1v) is 11.8. The van der Waals surface area contributed by atoms with Crippen molar-refractivity contribution in [2.24, 2.45) is 5.10 Å². The van der Waals surface area contributed by atoms with Crippen molar-refractivity contribution in [3.63, 3.8) is 0 Å². The molecule has 0 aliphatic heterocycles. The van der Waals surface area contributed by atoms with Gasteiger partial charge in [-0.05, 0) is 42.3 Å². The van der Waals surface area contributed by atoms with E-state index in [-0.39, 0.29) is 17.2 Å². The standard InChI is InChI=1S/C26H21ClN4O2S/c1-18-9-5-8-14-23(18)31-25(33)21-12-6-7-13-22(21)29-26(31)34-17-24(32)30-28-16-20(27)15-19-10-3-2-4-11-19/h2-16H,17H2,1H3,(H,30,32)/b20-15-,28-16+. The molecular weight excluding hydrogens is 468 g/mol. The van der Waals surface area contributed by atoms with Gasteiger partial charge in [0.15, 0.2) is 5.16 Å². The molecule has 1 heterocycles. The first-order chi connectivity index (χ1) is 16.5. The van der Waals surface area contributed by atoms with Gasteiger partial charge in [0.25, 0.3) is 11.5 Å². The van der Waals surface area contributed by atoms with E-state index in [0.717, 1.165) is 16.8 Å². The number of halogens is 1. The number of thioether (sulfide) groups is 1. The fourth-order valence-corrected chi connectivity index (χ4v) is 4.28. The molecule has 0 fully saturated rings. The van der Waals surface area contributed by atoms with Crippen molar-refractivity contribution in [1.29, 1.82) is 0 Å². The molecule has 1 amide bonds. The van der Waals surface area contributed by atoms with Gasteiger partial charge in [0, 0.05) is 0 Å². The smallest absolute Gasteiger partial charge is 0.266 e. The number of hydrazone groups is 1. The topological polar surface area (TPSA) is 76.3 Å². The highest BCUT2D eigenvalue weighted by atomic mass is 35.5. The van der Waals surface area contributed by atoms with E-state index in [2.05, 4.69) is 15.5 Å². The summed E-state index contributed by atoms with van der Waals surface area (Å²) < 4.78 is 1.55. The van der Waals surface area contributed by atoms with E-state index in [9.17, 15) is 9.59 Å². The summed E-state index contributed by atoms with van der Waals surface area (Å²) in [6, 6.07) is 24.3. The average Bonchev–Trinajstić information content (AvgIpc) is 2.84. The van der Waals surface area contributed by atoms with E-state index in [1.165, 1.54) is 18.0 Å². The molecule has 34 heavy (non-hydrogen) atoms. The van der Waals surface area contributed by atoms with Crippen LogP contribution in [-0.2, 0) is 4.79 Å². The second-order valence-electron chi connectivity index (χ2n) is 7.36. The van der Waals surface area contributed by atoms with E-state index in [0.29, 0.717) is 21.1 Å². The third-order valence-corrected chi connectivity index (χ3v) is 6.06. The van der Waals surface area contributed by atoms with Crippen molar-refractivity contribution in [1.82, 2.24) is 15.0 Å². The van der Waals surface area contributed by atoms with Gasteiger partial charge in [0.2, 0.25) is 0 Å². The highest BCUT2D eigenvalue weighted by Gasteiger charge is 2.15. The number of para-hydroxylation sites is 2. The summed E-state index contributed by atoms with van der Waals surface area (Å²) >= 11 is 7.32. The molecule has 0 spiro atoms. The van der Waals surface area contributed by atoms with E-state index in [1.807, 2.05) is 73.7 Å². The van der Waals surface area contributed by atoms with Gasteiger partial charge in [-0.1, -0.05) is 84.0 Å². The van der Waals surface area contributed by atoms with Crippen LogP contribution < -0.4 is 11.0 Å². The Morgan fingerprint density at radius 2 is 1.76 bits per heavy atom. The molecule has 170 valence electrons. The molecule has 0 saturated heterocycles. The molecule has 0 aliphatic carbocycles. The minimum Gasteiger partial charge on any atom is -0.272 e. The Bertz CT molecular complexity index is 1450. The Hall–Kier alpha value is -3.68. The van der Waals surface area contributed by atoms with Crippen LogP contribution in [0.5, 0.6) is 0 Å². The second kappa shape index (κ2) is 11.0. The van der Waals surface area contributed by atoms with Gasteiger partial charge < -0.3 is 0 Å². The number of rotatable bonds is 7. The summed E-state index contributed by atoms with van der Waals surface area (Å²) in [6.45, 7) is 1.93. The number of carbonyl (C=O) groups is 1. The normalized spacial score (nSPS) is 11.8. The first-order valence-electron chi connectivity index (χ1n) is 10.5. The summed E-state index contributed by atoms with van der Waals surface area (Å²) in [7, 11) is 0. The molecule has 0 saturated carbocycles. The van der Waals surface area contributed by atoms with Crippen molar-refractivity contribution in [3.05, 3.63) is 105 Å². The van der Waals surface area contributed by atoms with Gasteiger partial charge in [-0.15, -0.1) is 0 Å². The predicted molar refractivity (Wildman–Crippen MR) is 140 cm³/mol. The van der Waals surface area contributed by atoms with E-state index in [4.69, 9.17) is 11.6 Å². The SMILES string of the molecule is Cc1ccccc1-n1c(SCC(=O)N/N=C/C(Cl)=C/c2ccccc2)nc2ccccc2c1=O. The third-order valence-electron chi connectivity index (χ3n) is 4.91. The lowest BCUT2D eigenvalue weighted by atomic mass is 10.2. The molecule has 4 aromatic rings. The van der Waals surface area contributed by atoms with Crippen molar-refractivity contribution >= 4 is 52.5 Å². The van der Waals surface area contributed by atoms with Crippen molar-refractivity contribution in [3.8, 4) is 5.69 Å². The highest BCUT2D eigenvalue weighted by Crippen LogP contribution is 2.23. The maximum Gasteiger partial charge on any atom is 0.266 e. The first kappa shape index (κ1) is 23.5. The maximum absolute atomic E-state index is 13.3. The van der Waals surface area contributed by atoms with Crippen molar-refractivity contribution in [2.75, 3.05) is 5.75 Å². The molecule has 0 atom stereocenters. The van der Waals surface area contributed by atoms with Crippen LogP contribution in [0.15, 0.2) is 98.9 Å². The van der Waals surface area contributed by atoms with Gasteiger partial charge in [-0.3, -0.25) is 14.2 Å². The molecule has 0 radical (unpaired) electrons. The lowest BCUT2D eigenvalue weighted by Crippen LogP contribution is -2.24. The molecule has 6 nitrogen and oxygen atoms in total. The van der Waals surface area contributed by atoms with E-state index in [1.54, 1.807) is 22.8 Å². The largest absolute Gasteiger partial charge is 0.272 e. The van der Waals surface area contributed by atoms with Crippen LogP contribution in [0, 0.1) is 6.92 Å². The predicted octanol–water partition coefficient (Wildman–Crippen LogP) is 5.17. The number of hydrogen-bond donors (Lipinski definition) is 1. The molecule has 3 aromatic carbocycles. The average molecular weight is 489 g/mol. The van der Waals surface area contributed by atoms with Gasteiger partial charge >= 0.3 is 0 Å². The fraction of sp³-hybridized carbons (Fsp3) is 0.0769. The van der Waals surface area contributed by atoms with Gasteiger partial charge in [0.05, 0.1) is 33.6 Å². The Labute approximate surface area is 206 Å². The number of benzene rings is 3. The number of hydrogen-bond acceptors (Lipinski definition) is 5. The highest BCUT2D eigenvalue weighted by molar-refractivity contribution is 7.99. The lowest BCUT2D eigenvalue weighted by molar-refractivity contribution is -0.118. The van der Waals surface area contributed by atoms with Crippen LogP contribution in [0.4, 0.5) is 0 Å². The van der Waals surface area contributed by atoms with Crippen LogP contribution in [0.3, 0.4) is 0 Å². The number of fused-ring (bicyclic) bond motifs is 1. The number of allylic oxidation sites excluding steroid dienone is 1. The van der Waals surface area contributed by atoms with E-state index < -0.39 is 0 Å². The number of aromatic nitrogens is 2. The molecule has 8 heteroatoms. The van der Waals surface area contributed by atoms with Crippen LogP contribution in [-0.4, -0.2) is 27.4 Å². The Balaban J connectivity index is 1.52. The van der Waals surface area contributed by atoms with Crippen molar-refractivity contribution < 1.29 is 4.79 Å². The monoisotopic (exact) mass is 488 g/mol. The molecule has 0 aliphatic rings. The zero-order valence-electron chi connectivity index (χ0n) is 18.3. The summed E-state index contributed by atoms with van der Waals surface area (Å²) in [5, 5.41) is 5.24. The van der Waals surface area contributed by atoms with E-state index >= 15 is 0 Å². The quantitative estimate of drug-likeness (QED) is 0.168. The zero-order valence-corrected chi connectivity index (χ0v) is 19.9. The molecule has 1 aromatic heterocycles. The van der Waals surface area contributed by atoms with Crippen LogP contribution in [0.25, 0.3) is 22.7 Å². The Morgan fingerprint density at radius 1 is 1.06 bits per heavy atom. The summed E-state index contributed by atoms with van der Waals surface area (Å²) in [5.41, 5.74) is 5.44. The second-order valence-corrected chi connectivity index (χ2v) is 8.74. The fourth-order valence-electron chi connectivity index (χ4n) is 3.31. The molecule has 4 rings (SSSR count). The molecule has 0 unspecified atom stereocenters. The van der Waals surface area contributed by atoms with Crippen molar-refractivity contribution in [2.45, 2.75) is 12.1 Å². The maximum atomic E-state index is 13.3. The number of aryl methyl sites for hydroxylation is 1. The Kier molecular flexibility index (Phi) is 7.57.